The van der Waals surface area contributed by atoms with Gasteiger partial charge >= 0.3 is 0 Å². The van der Waals surface area contributed by atoms with Crippen molar-refractivity contribution in [2.75, 3.05) is 13.7 Å². The number of rotatable bonds is 3. The molecule has 0 heterocycles. The molecule has 1 aliphatic carbocycles. The van der Waals surface area contributed by atoms with Gasteiger partial charge in [-0.15, -0.1) is 0 Å². The minimum Gasteiger partial charge on any atom is -0.495 e. The monoisotopic (exact) mass is 297 g/mol. The molecule has 0 radical (unpaired) electrons. The molecule has 94 valence electrons. The number of benzene rings is 1. The third-order valence-electron chi connectivity index (χ3n) is 3.65. The van der Waals surface area contributed by atoms with Crippen LogP contribution in [-0.2, 0) is 12.8 Å². The highest BCUT2D eigenvalue weighted by Gasteiger charge is 2.22. The molecule has 2 nitrogen and oxygen atoms in total. The Morgan fingerprint density at radius 1 is 1.41 bits per heavy atom. The van der Waals surface area contributed by atoms with Crippen LogP contribution in [0.5, 0.6) is 5.75 Å². The zero-order valence-electron chi connectivity index (χ0n) is 10.6. The first-order valence-electron chi connectivity index (χ1n) is 6.27. The van der Waals surface area contributed by atoms with E-state index < -0.39 is 0 Å². The van der Waals surface area contributed by atoms with Gasteiger partial charge in [-0.2, -0.15) is 0 Å². The predicted octanol–water partition coefficient (Wildman–Crippen LogP) is 3.40. The number of hydrogen-bond donors (Lipinski definition) is 1. The molecule has 0 fully saturated rings. The van der Waals surface area contributed by atoms with Crippen molar-refractivity contribution in [3.63, 3.8) is 0 Å². The molecule has 0 saturated carbocycles. The van der Waals surface area contributed by atoms with Crippen molar-refractivity contribution in [1.82, 2.24) is 0 Å². The Kier molecular flexibility index (Phi) is 4.10. The van der Waals surface area contributed by atoms with E-state index in [2.05, 4.69) is 28.9 Å². The maximum atomic E-state index is 5.84. The lowest BCUT2D eigenvalue weighted by Crippen LogP contribution is -2.16. The van der Waals surface area contributed by atoms with E-state index in [1.165, 1.54) is 42.4 Å². The standard InChI is InChI=1S/C14H20BrNO/c1-9(8-16)13-11-6-4-3-5-10(11)7-12(15)14(13)17-2/h7,9H,3-6,8,16H2,1-2H3. The Bertz CT molecular complexity index is 417. The summed E-state index contributed by atoms with van der Waals surface area (Å²) in [7, 11) is 1.74. The number of nitrogens with two attached hydrogens (primary N) is 1. The van der Waals surface area contributed by atoms with Crippen molar-refractivity contribution >= 4 is 15.9 Å². The third-order valence-corrected chi connectivity index (χ3v) is 4.24. The second-order valence-electron chi connectivity index (χ2n) is 4.79. The van der Waals surface area contributed by atoms with Crippen molar-refractivity contribution in [1.29, 1.82) is 0 Å². The van der Waals surface area contributed by atoms with E-state index >= 15 is 0 Å². The van der Waals surface area contributed by atoms with E-state index in [0.717, 1.165) is 10.2 Å². The average molecular weight is 298 g/mol. The fraction of sp³-hybridized carbons (Fsp3) is 0.571. The van der Waals surface area contributed by atoms with Gasteiger partial charge in [-0.1, -0.05) is 6.92 Å². The van der Waals surface area contributed by atoms with Gasteiger partial charge in [0.25, 0.3) is 0 Å². The molecule has 17 heavy (non-hydrogen) atoms. The number of aryl methyl sites for hydroxylation is 1. The summed E-state index contributed by atoms with van der Waals surface area (Å²) in [5.41, 5.74) is 10.1. The average Bonchev–Trinajstić information content (AvgIpc) is 2.36. The molecule has 1 unspecified atom stereocenters. The third kappa shape index (κ3) is 2.36. The van der Waals surface area contributed by atoms with Crippen LogP contribution in [0, 0.1) is 0 Å². The minimum atomic E-state index is 0.356. The van der Waals surface area contributed by atoms with E-state index in [4.69, 9.17) is 10.5 Å². The molecular weight excluding hydrogens is 278 g/mol. The quantitative estimate of drug-likeness (QED) is 0.928. The molecule has 0 bridgehead atoms. The van der Waals surface area contributed by atoms with Gasteiger partial charge < -0.3 is 10.5 Å². The predicted molar refractivity (Wildman–Crippen MR) is 74.8 cm³/mol. The first kappa shape index (κ1) is 12.9. The molecule has 0 amide bonds. The van der Waals surface area contributed by atoms with Crippen LogP contribution in [0.25, 0.3) is 0 Å². The molecule has 1 aromatic carbocycles. The topological polar surface area (TPSA) is 35.2 Å². The van der Waals surface area contributed by atoms with Gasteiger partial charge in [-0.3, -0.25) is 0 Å². The van der Waals surface area contributed by atoms with Gasteiger partial charge in [0.05, 0.1) is 11.6 Å². The smallest absolute Gasteiger partial charge is 0.136 e. The van der Waals surface area contributed by atoms with Crippen LogP contribution in [0.3, 0.4) is 0 Å². The molecule has 0 aromatic heterocycles. The first-order chi connectivity index (χ1) is 8.19. The highest BCUT2D eigenvalue weighted by molar-refractivity contribution is 9.10. The molecule has 0 aliphatic heterocycles. The van der Waals surface area contributed by atoms with Crippen LogP contribution >= 0.6 is 15.9 Å². The number of ether oxygens (including phenoxy) is 1. The Labute approximate surface area is 112 Å². The summed E-state index contributed by atoms with van der Waals surface area (Å²) in [6.07, 6.45) is 4.92. The number of fused-ring (bicyclic) bond motifs is 1. The fourth-order valence-corrected chi connectivity index (χ4v) is 3.38. The first-order valence-corrected chi connectivity index (χ1v) is 7.06. The van der Waals surface area contributed by atoms with E-state index in [1.807, 2.05) is 0 Å². The molecule has 1 aromatic rings. The van der Waals surface area contributed by atoms with Crippen molar-refractivity contribution in [2.45, 2.75) is 38.5 Å². The maximum absolute atomic E-state index is 5.84. The second kappa shape index (κ2) is 5.40. The Morgan fingerprint density at radius 3 is 2.76 bits per heavy atom. The molecule has 2 N–H and O–H groups in total. The number of halogens is 1. The molecule has 0 saturated heterocycles. The zero-order valence-corrected chi connectivity index (χ0v) is 12.1. The van der Waals surface area contributed by atoms with Crippen LogP contribution in [0.1, 0.15) is 42.4 Å². The van der Waals surface area contributed by atoms with Crippen molar-refractivity contribution in [3.8, 4) is 5.75 Å². The largest absolute Gasteiger partial charge is 0.495 e. The summed E-state index contributed by atoms with van der Waals surface area (Å²) in [6, 6.07) is 2.22. The van der Waals surface area contributed by atoms with Crippen LogP contribution in [0.15, 0.2) is 10.5 Å². The van der Waals surface area contributed by atoms with Crippen molar-refractivity contribution in [2.24, 2.45) is 5.73 Å². The van der Waals surface area contributed by atoms with Crippen LogP contribution in [-0.4, -0.2) is 13.7 Å². The molecule has 1 aliphatic rings. The van der Waals surface area contributed by atoms with Gasteiger partial charge in [-0.05, 0) is 71.3 Å². The van der Waals surface area contributed by atoms with Gasteiger partial charge in [0, 0.05) is 5.56 Å². The van der Waals surface area contributed by atoms with Crippen molar-refractivity contribution < 1.29 is 4.74 Å². The normalized spacial score (nSPS) is 16.5. The summed E-state index contributed by atoms with van der Waals surface area (Å²) in [4.78, 5) is 0. The molecule has 2 rings (SSSR count). The lowest BCUT2D eigenvalue weighted by molar-refractivity contribution is 0.402. The lowest BCUT2D eigenvalue weighted by Gasteiger charge is -2.25. The van der Waals surface area contributed by atoms with E-state index in [0.29, 0.717) is 12.5 Å². The lowest BCUT2D eigenvalue weighted by atomic mass is 9.83. The van der Waals surface area contributed by atoms with E-state index in [9.17, 15) is 0 Å². The summed E-state index contributed by atoms with van der Waals surface area (Å²) >= 11 is 3.62. The number of methoxy groups -OCH3 is 1. The second-order valence-corrected chi connectivity index (χ2v) is 5.64. The summed E-state index contributed by atoms with van der Waals surface area (Å²) in [5, 5.41) is 0. The highest BCUT2D eigenvalue weighted by Crippen LogP contribution is 2.40. The number of hydrogen-bond acceptors (Lipinski definition) is 2. The van der Waals surface area contributed by atoms with Crippen molar-refractivity contribution in [3.05, 3.63) is 27.2 Å². The minimum absolute atomic E-state index is 0.356. The van der Waals surface area contributed by atoms with E-state index in [1.54, 1.807) is 7.11 Å². The Morgan fingerprint density at radius 2 is 2.12 bits per heavy atom. The molecule has 3 heteroatoms. The molecular formula is C14H20BrNO. The highest BCUT2D eigenvalue weighted by atomic mass is 79.9. The zero-order chi connectivity index (χ0) is 12.4. The van der Waals surface area contributed by atoms with Gasteiger partial charge in [0.2, 0.25) is 0 Å². The summed E-state index contributed by atoms with van der Waals surface area (Å²) in [5.74, 6) is 1.33. The van der Waals surface area contributed by atoms with Gasteiger partial charge in [0.1, 0.15) is 5.75 Å². The van der Waals surface area contributed by atoms with Crippen LogP contribution in [0.4, 0.5) is 0 Å². The SMILES string of the molecule is COc1c(Br)cc2c(c1C(C)CN)CCCC2. The summed E-state index contributed by atoms with van der Waals surface area (Å²) in [6.45, 7) is 2.85. The Hall–Kier alpha value is -0.540. The molecule has 0 spiro atoms. The van der Waals surface area contributed by atoms with E-state index in [-0.39, 0.29) is 0 Å². The molecule has 1 atom stereocenters. The van der Waals surface area contributed by atoms with Gasteiger partial charge in [-0.25, -0.2) is 0 Å². The summed E-state index contributed by atoms with van der Waals surface area (Å²) < 4.78 is 6.63. The Balaban J connectivity index is 2.61. The van der Waals surface area contributed by atoms with Gasteiger partial charge in [0.15, 0.2) is 0 Å². The maximum Gasteiger partial charge on any atom is 0.136 e. The fourth-order valence-electron chi connectivity index (χ4n) is 2.73. The van der Waals surface area contributed by atoms with Crippen LogP contribution in [0.2, 0.25) is 0 Å². The van der Waals surface area contributed by atoms with Crippen LogP contribution < -0.4 is 10.5 Å².